The van der Waals surface area contributed by atoms with E-state index in [0.29, 0.717) is 11.9 Å². The van der Waals surface area contributed by atoms with E-state index in [0.717, 1.165) is 30.4 Å². The lowest BCUT2D eigenvalue weighted by atomic mass is 9.94. The molecule has 0 saturated heterocycles. The van der Waals surface area contributed by atoms with Gasteiger partial charge < -0.3 is 14.6 Å². The van der Waals surface area contributed by atoms with E-state index >= 15 is 0 Å². The summed E-state index contributed by atoms with van der Waals surface area (Å²) < 4.78 is 1.87. The van der Waals surface area contributed by atoms with Crippen molar-refractivity contribution in [3.05, 3.63) is 30.1 Å². The van der Waals surface area contributed by atoms with Gasteiger partial charge in [-0.25, -0.2) is 4.98 Å². The van der Waals surface area contributed by atoms with E-state index in [1.165, 1.54) is 19.3 Å². The highest BCUT2D eigenvalue weighted by Gasteiger charge is 2.25. The summed E-state index contributed by atoms with van der Waals surface area (Å²) in [6.07, 6.45) is 5.21. The molecule has 1 aliphatic rings. The van der Waals surface area contributed by atoms with E-state index in [1.54, 1.807) is 6.92 Å². The summed E-state index contributed by atoms with van der Waals surface area (Å²) >= 11 is 0. The van der Waals surface area contributed by atoms with Crippen LogP contribution in [0.3, 0.4) is 0 Å². The normalized spacial score (nSPS) is 17.1. The highest BCUT2D eigenvalue weighted by Crippen LogP contribution is 2.24. The Morgan fingerprint density at radius 1 is 1.33 bits per heavy atom. The second-order valence-corrected chi connectivity index (χ2v) is 6.69. The Hall–Kier alpha value is -1.88. The summed E-state index contributed by atoms with van der Waals surface area (Å²) in [6.45, 7) is 4.72. The Morgan fingerprint density at radius 2 is 2.04 bits per heavy atom. The van der Waals surface area contributed by atoms with Gasteiger partial charge in [-0.05, 0) is 38.8 Å². The first kappa shape index (κ1) is 17.0. The third-order valence-electron chi connectivity index (χ3n) is 5.03. The molecule has 1 atom stereocenters. The summed E-state index contributed by atoms with van der Waals surface area (Å²) in [5, 5.41) is 10.1. The van der Waals surface area contributed by atoms with Crippen molar-refractivity contribution in [2.75, 3.05) is 6.54 Å². The molecule has 1 aromatic heterocycles. The first-order valence-electron chi connectivity index (χ1n) is 9.04. The summed E-state index contributed by atoms with van der Waals surface area (Å²) in [5.74, 6) is 0.679. The van der Waals surface area contributed by atoms with Crippen molar-refractivity contribution >= 4 is 16.9 Å². The summed E-state index contributed by atoms with van der Waals surface area (Å²) in [6, 6.07) is 8.10. The average Bonchev–Trinajstić information content (AvgIpc) is 2.95. The van der Waals surface area contributed by atoms with Gasteiger partial charge in [0.15, 0.2) is 0 Å². The van der Waals surface area contributed by atoms with Crippen LogP contribution in [0.1, 0.15) is 57.9 Å². The SMILES string of the molecule is CCN(C(=O)Cn1c([C@H](C)O)nc2ccccc21)C1CCCCC1. The Balaban J connectivity index is 1.87. The molecule has 0 radical (unpaired) electrons. The average molecular weight is 329 g/mol. The molecule has 1 N–H and O–H groups in total. The summed E-state index contributed by atoms with van der Waals surface area (Å²) in [4.78, 5) is 19.5. The number of aromatic nitrogens is 2. The Kier molecular flexibility index (Phi) is 5.19. The van der Waals surface area contributed by atoms with Gasteiger partial charge in [0.05, 0.1) is 11.0 Å². The van der Waals surface area contributed by atoms with Crippen LogP contribution in [0, 0.1) is 0 Å². The van der Waals surface area contributed by atoms with Crippen LogP contribution >= 0.6 is 0 Å². The van der Waals surface area contributed by atoms with Crippen molar-refractivity contribution in [1.29, 1.82) is 0 Å². The lowest BCUT2D eigenvalue weighted by Crippen LogP contribution is -2.43. The number of aliphatic hydroxyl groups excluding tert-OH is 1. The fourth-order valence-electron chi connectivity index (χ4n) is 3.84. The van der Waals surface area contributed by atoms with Crippen LogP contribution in [-0.2, 0) is 11.3 Å². The van der Waals surface area contributed by atoms with Crippen molar-refractivity contribution in [2.24, 2.45) is 0 Å². The molecule has 1 aliphatic carbocycles. The molecule has 0 bridgehead atoms. The maximum absolute atomic E-state index is 13.0. The minimum atomic E-state index is -0.699. The molecule has 1 fully saturated rings. The Labute approximate surface area is 143 Å². The van der Waals surface area contributed by atoms with Crippen molar-refractivity contribution < 1.29 is 9.90 Å². The topological polar surface area (TPSA) is 58.4 Å². The van der Waals surface area contributed by atoms with Crippen LogP contribution < -0.4 is 0 Å². The molecular weight excluding hydrogens is 302 g/mol. The van der Waals surface area contributed by atoms with E-state index < -0.39 is 6.10 Å². The number of likely N-dealkylation sites (N-methyl/N-ethyl adjacent to an activating group) is 1. The molecule has 0 aliphatic heterocycles. The predicted molar refractivity (Wildman–Crippen MR) is 94.6 cm³/mol. The number of aliphatic hydroxyl groups is 1. The monoisotopic (exact) mass is 329 g/mol. The van der Waals surface area contributed by atoms with Crippen molar-refractivity contribution in [3.8, 4) is 0 Å². The molecule has 0 spiro atoms. The van der Waals surface area contributed by atoms with Crippen LogP contribution in [-0.4, -0.2) is 38.1 Å². The van der Waals surface area contributed by atoms with E-state index in [1.807, 2.05) is 40.7 Å². The smallest absolute Gasteiger partial charge is 0.242 e. The van der Waals surface area contributed by atoms with Crippen LogP contribution in [0.2, 0.25) is 0 Å². The maximum Gasteiger partial charge on any atom is 0.242 e. The van der Waals surface area contributed by atoms with E-state index in [9.17, 15) is 9.90 Å². The van der Waals surface area contributed by atoms with Gasteiger partial charge in [0, 0.05) is 12.6 Å². The minimum Gasteiger partial charge on any atom is -0.385 e. The molecule has 1 amide bonds. The standard InChI is InChI=1S/C19H27N3O2/c1-3-21(15-9-5-4-6-10-15)18(24)13-22-17-12-8-7-11-16(17)20-19(22)14(2)23/h7-8,11-12,14-15,23H,3-6,9-10,13H2,1-2H3/t14-/m0/s1. The number of nitrogens with zero attached hydrogens (tertiary/aromatic N) is 3. The van der Waals surface area contributed by atoms with Crippen LogP contribution in [0.15, 0.2) is 24.3 Å². The van der Waals surface area contributed by atoms with Crippen LogP contribution in [0.4, 0.5) is 0 Å². The second-order valence-electron chi connectivity index (χ2n) is 6.69. The molecule has 5 nitrogen and oxygen atoms in total. The first-order chi connectivity index (χ1) is 11.6. The van der Waals surface area contributed by atoms with Crippen molar-refractivity contribution in [1.82, 2.24) is 14.5 Å². The fourth-order valence-corrected chi connectivity index (χ4v) is 3.84. The Bertz CT molecular complexity index is 702. The number of hydrogen-bond acceptors (Lipinski definition) is 3. The third kappa shape index (κ3) is 3.31. The number of fused-ring (bicyclic) bond motifs is 1. The number of amides is 1. The molecule has 1 saturated carbocycles. The molecule has 24 heavy (non-hydrogen) atoms. The molecule has 1 heterocycles. The summed E-state index contributed by atoms with van der Waals surface area (Å²) in [5.41, 5.74) is 1.73. The lowest BCUT2D eigenvalue weighted by Gasteiger charge is -2.34. The molecule has 5 heteroatoms. The van der Waals surface area contributed by atoms with E-state index in [-0.39, 0.29) is 12.5 Å². The number of hydrogen-bond donors (Lipinski definition) is 1. The number of benzene rings is 1. The maximum atomic E-state index is 13.0. The largest absolute Gasteiger partial charge is 0.385 e. The van der Waals surface area contributed by atoms with Gasteiger partial charge in [0.2, 0.25) is 5.91 Å². The summed E-state index contributed by atoms with van der Waals surface area (Å²) in [7, 11) is 0. The molecule has 2 aromatic rings. The fraction of sp³-hybridized carbons (Fsp3) is 0.579. The zero-order valence-corrected chi connectivity index (χ0v) is 14.6. The van der Waals surface area contributed by atoms with Crippen LogP contribution in [0.25, 0.3) is 11.0 Å². The van der Waals surface area contributed by atoms with E-state index in [2.05, 4.69) is 4.98 Å². The van der Waals surface area contributed by atoms with Gasteiger partial charge in [0.1, 0.15) is 18.5 Å². The second kappa shape index (κ2) is 7.34. The van der Waals surface area contributed by atoms with E-state index in [4.69, 9.17) is 0 Å². The molecule has 3 rings (SSSR count). The number of carbonyl (C=O) groups excluding carboxylic acids is 1. The van der Waals surface area contributed by atoms with Crippen LogP contribution in [0.5, 0.6) is 0 Å². The zero-order chi connectivity index (χ0) is 17.1. The first-order valence-corrected chi connectivity index (χ1v) is 9.04. The highest BCUT2D eigenvalue weighted by atomic mass is 16.3. The predicted octanol–water partition coefficient (Wildman–Crippen LogP) is 3.27. The molecule has 0 unspecified atom stereocenters. The number of rotatable bonds is 5. The van der Waals surface area contributed by atoms with Gasteiger partial charge in [-0.1, -0.05) is 31.4 Å². The van der Waals surface area contributed by atoms with Gasteiger partial charge in [-0.2, -0.15) is 0 Å². The van der Waals surface area contributed by atoms with Gasteiger partial charge >= 0.3 is 0 Å². The quantitative estimate of drug-likeness (QED) is 0.916. The number of para-hydroxylation sites is 2. The molecule has 130 valence electrons. The van der Waals surface area contributed by atoms with Gasteiger partial charge in [-0.15, -0.1) is 0 Å². The van der Waals surface area contributed by atoms with Crippen molar-refractivity contribution in [3.63, 3.8) is 0 Å². The highest BCUT2D eigenvalue weighted by molar-refractivity contribution is 5.81. The number of carbonyl (C=O) groups is 1. The molecule has 1 aromatic carbocycles. The Morgan fingerprint density at radius 3 is 2.71 bits per heavy atom. The van der Waals surface area contributed by atoms with Crippen molar-refractivity contribution in [2.45, 2.75) is 64.6 Å². The third-order valence-corrected chi connectivity index (χ3v) is 5.03. The lowest BCUT2D eigenvalue weighted by molar-refractivity contribution is -0.134. The number of imidazole rings is 1. The minimum absolute atomic E-state index is 0.120. The molecular formula is C19H27N3O2. The van der Waals surface area contributed by atoms with Gasteiger partial charge in [0.25, 0.3) is 0 Å². The zero-order valence-electron chi connectivity index (χ0n) is 14.6. The van der Waals surface area contributed by atoms with Gasteiger partial charge in [-0.3, -0.25) is 4.79 Å².